The Balaban J connectivity index is 1.95. The third-order valence-corrected chi connectivity index (χ3v) is 6.74. The topological polar surface area (TPSA) is 80.3 Å². The predicted molar refractivity (Wildman–Crippen MR) is 141 cm³/mol. The minimum absolute atomic E-state index is 0.0504. The lowest BCUT2D eigenvalue weighted by molar-refractivity contribution is -0.115. The fourth-order valence-corrected chi connectivity index (χ4v) is 4.45. The Morgan fingerprint density at radius 2 is 1.89 bits per heavy atom. The Hall–Kier alpha value is -3.10. The first-order valence-electron chi connectivity index (χ1n) is 12.5. The third kappa shape index (κ3) is 6.77. The molecule has 196 valence electrons. The molecule has 2 amide bonds. The molecule has 2 aromatic rings. The Kier molecular flexibility index (Phi) is 9.73. The second-order valence-corrected chi connectivity index (χ2v) is 9.45. The van der Waals surface area contributed by atoms with E-state index < -0.39 is 0 Å². The lowest BCUT2D eigenvalue weighted by Crippen LogP contribution is -2.46. The van der Waals surface area contributed by atoms with Gasteiger partial charge in [0.15, 0.2) is 0 Å². The minimum Gasteiger partial charge on any atom is -0.496 e. The van der Waals surface area contributed by atoms with Crippen molar-refractivity contribution in [3.05, 3.63) is 53.6 Å². The number of benzene rings is 2. The smallest absolute Gasteiger partial charge is 0.257 e. The molecule has 2 aromatic carbocycles. The minimum atomic E-state index is -0.175. The van der Waals surface area contributed by atoms with E-state index in [0.717, 1.165) is 17.9 Å². The molecule has 1 heterocycles. The number of carbonyl (C=O) groups excluding carboxylic acids is 2. The summed E-state index contributed by atoms with van der Waals surface area (Å²) >= 11 is 0. The van der Waals surface area contributed by atoms with E-state index >= 15 is 0 Å². The van der Waals surface area contributed by atoms with Gasteiger partial charge < -0.3 is 24.4 Å². The SMILES string of the molecule is CCC(=O)Nc1ccc2c(c1)C(=O)N(C)C[C@@H](OC)[C@@H](C)CN(Cc1ccccc1OC)[C@H](C)CO2. The summed E-state index contributed by atoms with van der Waals surface area (Å²) in [6.45, 7) is 8.33. The van der Waals surface area contributed by atoms with E-state index in [2.05, 4.69) is 30.1 Å². The highest BCUT2D eigenvalue weighted by molar-refractivity contribution is 5.99. The van der Waals surface area contributed by atoms with Crippen LogP contribution in [0.15, 0.2) is 42.5 Å². The highest BCUT2D eigenvalue weighted by Crippen LogP contribution is 2.27. The standard InChI is InChI=1S/C28H39N3O5/c1-7-27(32)29-22-12-13-25-23(14-22)28(33)30(4)17-26(35-6)19(2)15-31(20(3)18-36-25)16-21-10-8-9-11-24(21)34-5/h8-14,19-20,26H,7,15-18H2,1-6H3,(H,29,32)/t19-,20+,26+/m0/s1. The zero-order valence-corrected chi connectivity index (χ0v) is 22.2. The zero-order valence-electron chi connectivity index (χ0n) is 22.2. The van der Waals surface area contributed by atoms with Crippen LogP contribution in [-0.4, -0.2) is 74.7 Å². The summed E-state index contributed by atoms with van der Waals surface area (Å²) in [5.41, 5.74) is 2.09. The van der Waals surface area contributed by atoms with Crippen LogP contribution in [0.4, 0.5) is 5.69 Å². The van der Waals surface area contributed by atoms with Gasteiger partial charge in [-0.2, -0.15) is 0 Å². The van der Waals surface area contributed by atoms with Crippen LogP contribution in [0, 0.1) is 5.92 Å². The molecule has 0 unspecified atom stereocenters. The molecule has 1 N–H and O–H groups in total. The molecule has 1 aliphatic rings. The number of nitrogens with zero attached hydrogens (tertiary/aromatic N) is 2. The number of likely N-dealkylation sites (N-methyl/N-ethyl adjacent to an activating group) is 1. The third-order valence-electron chi connectivity index (χ3n) is 6.74. The van der Waals surface area contributed by atoms with E-state index in [4.69, 9.17) is 14.2 Å². The van der Waals surface area contributed by atoms with Gasteiger partial charge in [-0.25, -0.2) is 0 Å². The van der Waals surface area contributed by atoms with Crippen molar-refractivity contribution in [3.8, 4) is 11.5 Å². The van der Waals surface area contributed by atoms with E-state index in [-0.39, 0.29) is 29.9 Å². The number of hydrogen-bond donors (Lipinski definition) is 1. The maximum atomic E-state index is 13.4. The predicted octanol–water partition coefficient (Wildman–Crippen LogP) is 4.05. The maximum Gasteiger partial charge on any atom is 0.257 e. The summed E-state index contributed by atoms with van der Waals surface area (Å²) in [6.07, 6.45) is 0.201. The molecule has 8 heteroatoms. The van der Waals surface area contributed by atoms with Crippen LogP contribution in [-0.2, 0) is 16.1 Å². The number of rotatable bonds is 6. The number of anilines is 1. The summed E-state index contributed by atoms with van der Waals surface area (Å²) < 4.78 is 17.7. The van der Waals surface area contributed by atoms with Gasteiger partial charge in [0.05, 0.1) is 18.8 Å². The maximum absolute atomic E-state index is 13.4. The number of methoxy groups -OCH3 is 2. The van der Waals surface area contributed by atoms with E-state index in [0.29, 0.717) is 43.1 Å². The van der Waals surface area contributed by atoms with Crippen molar-refractivity contribution in [2.75, 3.05) is 46.3 Å². The lowest BCUT2D eigenvalue weighted by atomic mass is 10.0. The Morgan fingerprint density at radius 1 is 1.14 bits per heavy atom. The van der Waals surface area contributed by atoms with Gasteiger partial charge in [0.1, 0.15) is 18.1 Å². The average Bonchev–Trinajstić information content (AvgIpc) is 2.89. The van der Waals surface area contributed by atoms with Gasteiger partial charge in [-0.05, 0) is 37.1 Å². The van der Waals surface area contributed by atoms with Crippen LogP contribution in [0.2, 0.25) is 0 Å². The van der Waals surface area contributed by atoms with Crippen LogP contribution < -0.4 is 14.8 Å². The molecule has 0 radical (unpaired) electrons. The van der Waals surface area contributed by atoms with Crippen LogP contribution >= 0.6 is 0 Å². The number of hydrogen-bond acceptors (Lipinski definition) is 6. The van der Waals surface area contributed by atoms with E-state index in [1.54, 1.807) is 51.3 Å². The molecule has 3 atom stereocenters. The van der Waals surface area contributed by atoms with Gasteiger partial charge in [-0.15, -0.1) is 0 Å². The fraction of sp³-hybridized carbons (Fsp3) is 0.500. The molecule has 0 aliphatic carbocycles. The quantitative estimate of drug-likeness (QED) is 0.649. The molecule has 0 aromatic heterocycles. The number of carbonyl (C=O) groups is 2. The summed E-state index contributed by atoms with van der Waals surface area (Å²) in [7, 11) is 5.14. The van der Waals surface area contributed by atoms with Crippen molar-refractivity contribution in [2.24, 2.45) is 5.92 Å². The highest BCUT2D eigenvalue weighted by Gasteiger charge is 2.29. The Bertz CT molecular complexity index is 1040. The van der Waals surface area contributed by atoms with Gasteiger partial charge in [0.2, 0.25) is 5.91 Å². The van der Waals surface area contributed by atoms with Crippen molar-refractivity contribution in [3.63, 3.8) is 0 Å². The second kappa shape index (κ2) is 12.7. The van der Waals surface area contributed by atoms with Gasteiger partial charge in [-0.3, -0.25) is 14.5 Å². The number of fused-ring (bicyclic) bond motifs is 1. The van der Waals surface area contributed by atoms with Crippen molar-refractivity contribution in [1.29, 1.82) is 0 Å². The molecule has 3 rings (SSSR count). The van der Waals surface area contributed by atoms with E-state index in [1.165, 1.54) is 0 Å². The Labute approximate surface area is 214 Å². The van der Waals surface area contributed by atoms with Crippen molar-refractivity contribution < 1.29 is 23.8 Å². The number of amides is 2. The number of para-hydroxylation sites is 1. The van der Waals surface area contributed by atoms with Gasteiger partial charge in [-0.1, -0.05) is 32.0 Å². The second-order valence-electron chi connectivity index (χ2n) is 9.45. The monoisotopic (exact) mass is 497 g/mol. The number of nitrogens with one attached hydrogen (secondary N) is 1. The summed E-state index contributed by atoms with van der Waals surface area (Å²) in [5.74, 6) is 1.21. The fourth-order valence-electron chi connectivity index (χ4n) is 4.45. The van der Waals surface area contributed by atoms with Crippen LogP contribution in [0.25, 0.3) is 0 Å². The van der Waals surface area contributed by atoms with Crippen molar-refractivity contribution in [1.82, 2.24) is 9.80 Å². The molecule has 0 fully saturated rings. The summed E-state index contributed by atoms with van der Waals surface area (Å²) in [5, 5.41) is 2.83. The average molecular weight is 498 g/mol. The molecule has 36 heavy (non-hydrogen) atoms. The first-order chi connectivity index (χ1) is 17.3. The first kappa shape index (κ1) is 27.5. The van der Waals surface area contributed by atoms with E-state index in [1.807, 2.05) is 18.2 Å². The van der Waals surface area contributed by atoms with Crippen LogP contribution in [0.3, 0.4) is 0 Å². The summed E-state index contributed by atoms with van der Waals surface area (Å²) in [6, 6.07) is 13.3. The molecule has 8 nitrogen and oxygen atoms in total. The van der Waals surface area contributed by atoms with E-state index in [9.17, 15) is 9.59 Å². The highest BCUT2D eigenvalue weighted by atomic mass is 16.5. The molecule has 0 saturated carbocycles. The van der Waals surface area contributed by atoms with Crippen molar-refractivity contribution in [2.45, 2.75) is 45.9 Å². The van der Waals surface area contributed by atoms with Crippen LogP contribution in [0.5, 0.6) is 11.5 Å². The molecule has 1 aliphatic heterocycles. The molecular weight excluding hydrogens is 458 g/mol. The van der Waals surface area contributed by atoms with Crippen molar-refractivity contribution >= 4 is 17.5 Å². The van der Waals surface area contributed by atoms with Gasteiger partial charge in [0.25, 0.3) is 5.91 Å². The molecule has 0 bridgehead atoms. The summed E-state index contributed by atoms with van der Waals surface area (Å²) in [4.78, 5) is 29.4. The van der Waals surface area contributed by atoms with Gasteiger partial charge in [0, 0.05) is 57.5 Å². The molecule has 0 saturated heterocycles. The Morgan fingerprint density at radius 3 is 2.58 bits per heavy atom. The first-order valence-corrected chi connectivity index (χ1v) is 12.5. The number of ether oxygens (including phenoxy) is 3. The lowest BCUT2D eigenvalue weighted by Gasteiger charge is -2.36. The molecule has 0 spiro atoms. The largest absolute Gasteiger partial charge is 0.496 e. The zero-order chi connectivity index (χ0) is 26.2. The van der Waals surface area contributed by atoms with Gasteiger partial charge >= 0.3 is 0 Å². The van der Waals surface area contributed by atoms with Crippen LogP contribution in [0.1, 0.15) is 43.1 Å². The molecular formula is C28H39N3O5. The normalized spacial score (nSPS) is 21.6.